The minimum atomic E-state index is -0.370. The number of hydrogen-bond acceptors (Lipinski definition) is 7. The molecule has 2 aromatic carbocycles. The highest BCUT2D eigenvalue weighted by Gasteiger charge is 2.19. The second kappa shape index (κ2) is 9.96. The normalized spacial score (nSPS) is 11.3. The highest BCUT2D eigenvalue weighted by Crippen LogP contribution is 2.32. The van der Waals surface area contributed by atoms with E-state index in [1.807, 2.05) is 65.2 Å². The van der Waals surface area contributed by atoms with Crippen molar-refractivity contribution in [1.29, 1.82) is 0 Å². The molecule has 0 aliphatic rings. The zero-order chi connectivity index (χ0) is 27.9. The van der Waals surface area contributed by atoms with Gasteiger partial charge in [-0.1, -0.05) is 6.07 Å². The molecule has 0 saturated heterocycles. The minimum Gasteiger partial charge on any atom is -0.497 e. The Kier molecular flexibility index (Phi) is 5.98. The Balaban J connectivity index is 1.19. The van der Waals surface area contributed by atoms with Crippen LogP contribution < -0.4 is 10.1 Å². The molecule has 0 bridgehead atoms. The largest absolute Gasteiger partial charge is 0.497 e. The fourth-order valence-electron chi connectivity index (χ4n) is 4.54. The van der Waals surface area contributed by atoms with Crippen LogP contribution >= 0.6 is 11.3 Å². The number of carbonyl (C=O) groups excluding carboxylic acids is 1. The summed E-state index contributed by atoms with van der Waals surface area (Å²) in [6, 6.07) is 23.1. The first-order valence-electron chi connectivity index (χ1n) is 12.6. The second-order valence-corrected chi connectivity index (χ2v) is 9.97. The van der Waals surface area contributed by atoms with Gasteiger partial charge in [0.05, 0.1) is 19.0 Å². The summed E-state index contributed by atoms with van der Waals surface area (Å²) in [5, 5.41) is 10.0. The van der Waals surface area contributed by atoms with Crippen molar-refractivity contribution in [2.45, 2.75) is 0 Å². The van der Waals surface area contributed by atoms with Gasteiger partial charge in [-0.15, -0.1) is 11.3 Å². The molecule has 5 heterocycles. The van der Waals surface area contributed by atoms with Crippen molar-refractivity contribution in [1.82, 2.24) is 29.0 Å². The Morgan fingerprint density at radius 1 is 0.902 bits per heavy atom. The van der Waals surface area contributed by atoms with E-state index in [0.717, 1.165) is 33.2 Å². The highest BCUT2D eigenvalue weighted by atomic mass is 32.1. The number of nitrogens with one attached hydrogen (secondary N) is 1. The van der Waals surface area contributed by atoms with Crippen LogP contribution in [0.25, 0.3) is 44.5 Å². The van der Waals surface area contributed by atoms with E-state index in [1.54, 1.807) is 35.3 Å². The van der Waals surface area contributed by atoms with Crippen LogP contribution in [0.4, 0.5) is 10.2 Å². The van der Waals surface area contributed by atoms with Crippen molar-refractivity contribution in [3.8, 4) is 39.0 Å². The number of amides is 1. The number of pyridine rings is 1. The van der Waals surface area contributed by atoms with Gasteiger partial charge in [-0.2, -0.15) is 5.10 Å². The zero-order valence-electron chi connectivity index (χ0n) is 21.5. The molecule has 11 heteroatoms. The molecule has 0 aliphatic carbocycles. The van der Waals surface area contributed by atoms with E-state index in [-0.39, 0.29) is 11.7 Å². The molecule has 0 atom stereocenters. The Hall–Kier alpha value is -5.42. The topological polar surface area (TPSA) is 98.7 Å². The molecule has 7 aromatic rings. The Morgan fingerprint density at radius 3 is 2.51 bits per heavy atom. The molecule has 9 nitrogen and oxygen atoms in total. The molecule has 0 saturated carbocycles. The van der Waals surface area contributed by atoms with Gasteiger partial charge in [-0.05, 0) is 72.8 Å². The van der Waals surface area contributed by atoms with Crippen molar-refractivity contribution < 1.29 is 13.9 Å². The summed E-state index contributed by atoms with van der Waals surface area (Å²) in [4.78, 5) is 26.7. The van der Waals surface area contributed by atoms with E-state index in [1.165, 1.54) is 23.5 Å². The van der Waals surface area contributed by atoms with E-state index in [2.05, 4.69) is 15.3 Å². The Bertz CT molecular complexity index is 2050. The molecule has 0 fully saturated rings. The first-order valence-corrected chi connectivity index (χ1v) is 13.4. The second-order valence-electron chi connectivity index (χ2n) is 9.11. The molecule has 0 spiro atoms. The molecule has 5 aromatic heterocycles. The van der Waals surface area contributed by atoms with Crippen LogP contribution in [-0.2, 0) is 0 Å². The lowest BCUT2D eigenvalue weighted by Gasteiger charge is -2.05. The summed E-state index contributed by atoms with van der Waals surface area (Å²) in [6.07, 6.45) is 3.55. The maximum absolute atomic E-state index is 13.6. The van der Waals surface area contributed by atoms with Gasteiger partial charge in [-0.3, -0.25) is 9.20 Å². The monoisotopic (exact) mass is 561 g/mol. The maximum Gasteiger partial charge on any atom is 0.276 e. The Morgan fingerprint density at radius 2 is 1.71 bits per heavy atom. The molecule has 0 radical (unpaired) electrons. The third kappa shape index (κ3) is 4.57. The number of benzene rings is 2. The predicted molar refractivity (Wildman–Crippen MR) is 155 cm³/mol. The summed E-state index contributed by atoms with van der Waals surface area (Å²) in [6.45, 7) is 0. The highest BCUT2D eigenvalue weighted by molar-refractivity contribution is 7.13. The molecule has 200 valence electrons. The molecule has 7 rings (SSSR count). The number of imidazole rings is 2. The van der Waals surface area contributed by atoms with Gasteiger partial charge in [0.1, 0.15) is 39.3 Å². The first-order chi connectivity index (χ1) is 20.1. The number of nitrogens with zero attached hydrogens (tertiary/aromatic N) is 6. The van der Waals surface area contributed by atoms with Crippen LogP contribution in [-0.4, -0.2) is 42.0 Å². The molecule has 1 N–H and O–H groups in total. The summed E-state index contributed by atoms with van der Waals surface area (Å²) < 4.78 is 22.4. The van der Waals surface area contributed by atoms with E-state index < -0.39 is 0 Å². The average Bonchev–Trinajstić information content (AvgIpc) is 3.74. The minimum absolute atomic E-state index is 0.293. The number of thiazole rings is 1. The third-order valence-electron chi connectivity index (χ3n) is 6.53. The standard InChI is InChI=1S/C30H20FN7O2S/c1-40-21-11-7-19(8-12-21)30-32-23(17-41-30)29(39)34-24-16-38-26(33-24)14-13-22(36-38)28-27(18-5-9-20(31)10-6-18)35-25-4-2-3-15-37(25)28/h2-17H,1H3,(H,34,39). The SMILES string of the molecule is COc1ccc(-c2nc(C(=O)Nc3cn4nc(-c5c(-c6ccc(F)cc6)nc6ccccn56)ccc4n3)cs2)cc1. The van der Waals surface area contributed by atoms with Crippen LogP contribution in [0.15, 0.2) is 96.6 Å². The molecular formula is C30H20FN7O2S. The first kappa shape index (κ1) is 24.6. The number of methoxy groups -OCH3 is 1. The van der Waals surface area contributed by atoms with Gasteiger partial charge in [-0.25, -0.2) is 23.9 Å². The fraction of sp³-hybridized carbons (Fsp3) is 0.0333. The number of aromatic nitrogens is 6. The number of fused-ring (bicyclic) bond motifs is 2. The van der Waals surface area contributed by atoms with E-state index in [0.29, 0.717) is 28.5 Å². The number of ether oxygens (including phenoxy) is 1. The lowest BCUT2D eigenvalue weighted by molar-refractivity contribution is 0.102. The van der Waals surface area contributed by atoms with Crippen molar-refractivity contribution in [3.05, 3.63) is 108 Å². The van der Waals surface area contributed by atoms with E-state index >= 15 is 0 Å². The van der Waals surface area contributed by atoms with Crippen molar-refractivity contribution in [2.75, 3.05) is 12.4 Å². The van der Waals surface area contributed by atoms with Crippen LogP contribution in [0, 0.1) is 5.82 Å². The summed E-state index contributed by atoms with van der Waals surface area (Å²) in [5.74, 6) is 0.404. The maximum atomic E-state index is 13.6. The number of carbonyl (C=O) groups is 1. The predicted octanol–water partition coefficient (Wildman–Crippen LogP) is 6.23. The average molecular weight is 562 g/mol. The summed E-state index contributed by atoms with van der Waals surface area (Å²) in [7, 11) is 1.61. The van der Waals surface area contributed by atoms with E-state index in [4.69, 9.17) is 14.8 Å². The van der Waals surface area contributed by atoms with Gasteiger partial charge in [0.25, 0.3) is 5.91 Å². The van der Waals surface area contributed by atoms with E-state index in [9.17, 15) is 9.18 Å². The van der Waals surface area contributed by atoms with Gasteiger partial charge in [0.15, 0.2) is 11.5 Å². The van der Waals surface area contributed by atoms with Gasteiger partial charge in [0.2, 0.25) is 0 Å². The van der Waals surface area contributed by atoms with Gasteiger partial charge >= 0.3 is 0 Å². The molecule has 41 heavy (non-hydrogen) atoms. The number of halogens is 1. The van der Waals surface area contributed by atoms with Crippen LogP contribution in [0.1, 0.15) is 10.5 Å². The summed E-state index contributed by atoms with van der Waals surface area (Å²) >= 11 is 1.38. The number of anilines is 1. The quantitative estimate of drug-likeness (QED) is 0.258. The lowest BCUT2D eigenvalue weighted by Crippen LogP contribution is -2.12. The lowest BCUT2D eigenvalue weighted by atomic mass is 10.1. The van der Waals surface area contributed by atoms with Gasteiger partial charge in [0, 0.05) is 22.7 Å². The van der Waals surface area contributed by atoms with Gasteiger partial charge < -0.3 is 10.1 Å². The van der Waals surface area contributed by atoms with Crippen molar-refractivity contribution >= 4 is 34.4 Å². The summed E-state index contributed by atoms with van der Waals surface area (Å²) in [5.41, 5.74) is 5.30. The van der Waals surface area contributed by atoms with Crippen molar-refractivity contribution in [2.24, 2.45) is 0 Å². The fourth-order valence-corrected chi connectivity index (χ4v) is 5.35. The molecular weight excluding hydrogens is 541 g/mol. The third-order valence-corrected chi connectivity index (χ3v) is 7.42. The van der Waals surface area contributed by atoms with Crippen LogP contribution in [0.2, 0.25) is 0 Å². The molecule has 0 aliphatic heterocycles. The van der Waals surface area contributed by atoms with Crippen molar-refractivity contribution in [3.63, 3.8) is 0 Å². The molecule has 0 unspecified atom stereocenters. The number of hydrogen-bond donors (Lipinski definition) is 1. The van der Waals surface area contributed by atoms with Crippen LogP contribution in [0.3, 0.4) is 0 Å². The smallest absolute Gasteiger partial charge is 0.276 e. The Labute approximate surface area is 236 Å². The molecule has 1 amide bonds. The van der Waals surface area contributed by atoms with Crippen LogP contribution in [0.5, 0.6) is 5.75 Å². The number of rotatable bonds is 6. The zero-order valence-corrected chi connectivity index (χ0v) is 22.3.